The zero-order chi connectivity index (χ0) is 29.0. The van der Waals surface area contributed by atoms with E-state index < -0.39 is 27.6 Å². The highest BCUT2D eigenvalue weighted by Gasteiger charge is 2.35. The number of sulfonamides is 1. The van der Waals surface area contributed by atoms with Crippen LogP contribution in [0.2, 0.25) is 0 Å². The molecule has 0 saturated heterocycles. The summed E-state index contributed by atoms with van der Waals surface area (Å²) in [7, 11) is -0.713. The molecule has 0 aliphatic heterocycles. The Bertz CT molecular complexity index is 1410. The van der Waals surface area contributed by atoms with Crippen molar-refractivity contribution in [3.8, 4) is 5.75 Å². The lowest BCUT2D eigenvalue weighted by molar-refractivity contribution is -0.137. The summed E-state index contributed by atoms with van der Waals surface area (Å²) in [5, 5.41) is 8.96. The molecule has 1 heterocycles. The van der Waals surface area contributed by atoms with E-state index in [-0.39, 0.29) is 12.5 Å². The van der Waals surface area contributed by atoms with Gasteiger partial charge in [-0.25, -0.2) is 13.4 Å². The molecule has 39 heavy (non-hydrogen) atoms. The second kappa shape index (κ2) is 12.1. The number of ether oxygens (including phenoxy) is 1. The van der Waals surface area contributed by atoms with Gasteiger partial charge in [0.05, 0.1) is 24.7 Å². The number of nitrogens with one attached hydrogen (secondary N) is 3. The van der Waals surface area contributed by atoms with E-state index in [1.807, 2.05) is 26.0 Å². The topological polar surface area (TPSA) is 108 Å². The van der Waals surface area contributed by atoms with Crippen LogP contribution in [0.25, 0.3) is 0 Å². The zero-order valence-electron chi connectivity index (χ0n) is 22.6. The Kier molecular flexibility index (Phi) is 9.28. The first kappa shape index (κ1) is 30.0. The third-order valence-electron chi connectivity index (χ3n) is 5.84. The van der Waals surface area contributed by atoms with Crippen molar-refractivity contribution < 1.29 is 26.3 Å². The van der Waals surface area contributed by atoms with Crippen LogP contribution in [0.3, 0.4) is 0 Å². The number of methoxy groups -OCH3 is 1. The van der Waals surface area contributed by atoms with Gasteiger partial charge in [-0.3, -0.25) is 4.31 Å². The number of benzene rings is 2. The lowest BCUT2D eigenvalue weighted by atomic mass is 10.1. The molecular weight excluding hydrogens is 533 g/mol. The van der Waals surface area contributed by atoms with Crippen molar-refractivity contribution >= 4 is 33.2 Å². The maximum absolute atomic E-state index is 13.8. The Balaban J connectivity index is 1.92. The molecule has 0 aliphatic rings. The van der Waals surface area contributed by atoms with Gasteiger partial charge in [-0.1, -0.05) is 32.0 Å². The predicted octanol–water partition coefficient (Wildman–Crippen LogP) is 5.06. The largest absolute Gasteiger partial charge is 0.495 e. The van der Waals surface area contributed by atoms with Gasteiger partial charge in [0.1, 0.15) is 17.1 Å². The number of nitrogens with zero attached hydrogens (tertiary/aromatic N) is 3. The molecule has 1 aromatic heterocycles. The third kappa shape index (κ3) is 7.96. The molecule has 0 radical (unpaired) electrons. The number of halogens is 3. The smallest absolute Gasteiger partial charge is 0.421 e. The van der Waals surface area contributed by atoms with Crippen molar-refractivity contribution in [2.24, 2.45) is 0 Å². The van der Waals surface area contributed by atoms with Crippen LogP contribution < -0.4 is 25.0 Å². The lowest BCUT2D eigenvalue weighted by Gasteiger charge is -2.22. The molecular formula is C26H33F3N6O3S. The Morgan fingerprint density at radius 1 is 1.10 bits per heavy atom. The second-order valence-corrected chi connectivity index (χ2v) is 11.4. The van der Waals surface area contributed by atoms with E-state index in [2.05, 4.69) is 25.9 Å². The highest BCUT2D eigenvalue weighted by Crippen LogP contribution is 2.35. The molecule has 0 atom stereocenters. The predicted molar refractivity (Wildman–Crippen MR) is 147 cm³/mol. The van der Waals surface area contributed by atoms with Crippen LogP contribution in [0.15, 0.2) is 42.6 Å². The molecule has 0 spiro atoms. The van der Waals surface area contributed by atoms with Gasteiger partial charge < -0.3 is 20.7 Å². The summed E-state index contributed by atoms with van der Waals surface area (Å²) in [6.07, 6.45) is -2.97. The van der Waals surface area contributed by atoms with Crippen molar-refractivity contribution in [1.29, 1.82) is 0 Å². The number of rotatable bonds is 11. The summed E-state index contributed by atoms with van der Waals surface area (Å²) < 4.78 is 72.2. The van der Waals surface area contributed by atoms with E-state index in [0.29, 0.717) is 41.5 Å². The van der Waals surface area contributed by atoms with E-state index in [9.17, 15) is 21.6 Å². The minimum absolute atomic E-state index is 0.0748. The molecule has 9 nitrogen and oxygen atoms in total. The summed E-state index contributed by atoms with van der Waals surface area (Å²) in [6, 6.07) is 10.8. The van der Waals surface area contributed by atoms with Crippen LogP contribution in [-0.4, -0.2) is 44.8 Å². The fourth-order valence-corrected chi connectivity index (χ4v) is 4.18. The second-order valence-electron chi connectivity index (χ2n) is 9.37. The maximum atomic E-state index is 13.8. The monoisotopic (exact) mass is 566 g/mol. The Morgan fingerprint density at radius 3 is 2.44 bits per heavy atom. The molecule has 0 fully saturated rings. The fraction of sp³-hybridized carbons (Fsp3) is 0.385. The number of aryl methyl sites for hydroxylation is 1. The summed E-state index contributed by atoms with van der Waals surface area (Å²) in [5.41, 5.74) is 2.01. The molecule has 0 unspecified atom stereocenters. The van der Waals surface area contributed by atoms with Crippen molar-refractivity contribution in [2.45, 2.75) is 46.1 Å². The minimum Gasteiger partial charge on any atom is -0.495 e. The van der Waals surface area contributed by atoms with Gasteiger partial charge in [-0.05, 0) is 41.8 Å². The first-order valence-electron chi connectivity index (χ1n) is 12.1. The van der Waals surface area contributed by atoms with Crippen molar-refractivity contribution in [1.82, 2.24) is 15.3 Å². The van der Waals surface area contributed by atoms with Gasteiger partial charge in [0.25, 0.3) is 0 Å². The number of hydrogen-bond acceptors (Lipinski definition) is 8. The van der Waals surface area contributed by atoms with Crippen LogP contribution in [0, 0.1) is 6.92 Å². The first-order valence-corrected chi connectivity index (χ1v) is 13.9. The van der Waals surface area contributed by atoms with Crippen LogP contribution in [-0.2, 0) is 29.3 Å². The standard InChI is InChI=1S/C26H33F3N6O3S/c1-16(2)30-13-18-8-10-21(23(12-18)38-5)33-25-32-15-20(26(27,28)29)24(34-25)31-14-19-9-7-17(3)11-22(19)35(4)39(6,36)37/h7-12,15-16,30H,13-14H2,1-6H3,(H2,31,32,33,34). The van der Waals surface area contributed by atoms with E-state index in [1.54, 1.807) is 31.2 Å². The van der Waals surface area contributed by atoms with Crippen LogP contribution in [0.4, 0.5) is 36.3 Å². The number of alkyl halides is 3. The maximum Gasteiger partial charge on any atom is 0.421 e. The van der Waals surface area contributed by atoms with Crippen LogP contribution in [0.5, 0.6) is 5.75 Å². The highest BCUT2D eigenvalue weighted by molar-refractivity contribution is 7.92. The van der Waals surface area contributed by atoms with E-state index in [1.165, 1.54) is 14.2 Å². The molecule has 212 valence electrons. The van der Waals surface area contributed by atoms with Crippen molar-refractivity contribution in [3.05, 3.63) is 64.8 Å². The van der Waals surface area contributed by atoms with E-state index in [4.69, 9.17) is 4.74 Å². The molecule has 2 aromatic carbocycles. The summed E-state index contributed by atoms with van der Waals surface area (Å²) in [6.45, 7) is 6.36. The zero-order valence-corrected chi connectivity index (χ0v) is 23.5. The van der Waals surface area contributed by atoms with Crippen LogP contribution in [0.1, 0.15) is 36.1 Å². The number of hydrogen-bond donors (Lipinski definition) is 3. The number of aromatic nitrogens is 2. The molecule has 13 heteroatoms. The Labute approximate surface area is 226 Å². The number of anilines is 4. The molecule has 3 aromatic rings. The molecule has 3 N–H and O–H groups in total. The third-order valence-corrected chi connectivity index (χ3v) is 7.04. The lowest BCUT2D eigenvalue weighted by Crippen LogP contribution is -2.26. The fourth-order valence-electron chi connectivity index (χ4n) is 3.65. The van der Waals surface area contributed by atoms with Gasteiger partial charge in [0.2, 0.25) is 16.0 Å². The van der Waals surface area contributed by atoms with Gasteiger partial charge in [0, 0.05) is 32.4 Å². The average molecular weight is 567 g/mol. The van der Waals surface area contributed by atoms with Crippen molar-refractivity contribution in [3.63, 3.8) is 0 Å². The quantitative estimate of drug-likeness (QED) is 0.296. The molecule has 0 aliphatic carbocycles. The normalized spacial score (nSPS) is 11.9. The Morgan fingerprint density at radius 2 is 1.82 bits per heavy atom. The summed E-state index contributed by atoms with van der Waals surface area (Å²) in [5.74, 6) is -0.0522. The molecule has 0 saturated carbocycles. The van der Waals surface area contributed by atoms with Crippen molar-refractivity contribution in [2.75, 3.05) is 35.4 Å². The van der Waals surface area contributed by atoms with Gasteiger partial charge in [-0.15, -0.1) is 0 Å². The first-order chi connectivity index (χ1) is 18.2. The average Bonchev–Trinajstić information content (AvgIpc) is 2.85. The SMILES string of the molecule is COc1cc(CNC(C)C)ccc1Nc1ncc(C(F)(F)F)c(NCc2ccc(C)cc2N(C)S(C)(=O)=O)n1. The molecule has 0 amide bonds. The molecule has 3 rings (SSSR count). The highest BCUT2D eigenvalue weighted by atomic mass is 32.2. The van der Waals surface area contributed by atoms with Gasteiger partial charge >= 0.3 is 6.18 Å². The van der Waals surface area contributed by atoms with Gasteiger partial charge in [0.15, 0.2) is 0 Å². The van der Waals surface area contributed by atoms with Crippen LogP contribution >= 0.6 is 0 Å². The minimum atomic E-state index is -4.72. The summed E-state index contributed by atoms with van der Waals surface area (Å²) >= 11 is 0. The van der Waals surface area contributed by atoms with E-state index >= 15 is 0 Å². The van der Waals surface area contributed by atoms with E-state index in [0.717, 1.165) is 21.7 Å². The summed E-state index contributed by atoms with van der Waals surface area (Å²) in [4.78, 5) is 7.96. The molecule has 0 bridgehead atoms. The van der Waals surface area contributed by atoms with Gasteiger partial charge in [-0.2, -0.15) is 18.2 Å². The Hall–Kier alpha value is -3.58.